The summed E-state index contributed by atoms with van der Waals surface area (Å²) in [5.41, 5.74) is 0. The van der Waals surface area contributed by atoms with E-state index in [-0.39, 0.29) is 0 Å². The number of carbonyl (C=O) groups is 1. The number of hydrogen-bond donors (Lipinski definition) is 1. The molecule has 1 aromatic rings. The molecule has 17 heavy (non-hydrogen) atoms. The Morgan fingerprint density at radius 1 is 1.00 bits per heavy atom. The van der Waals surface area contributed by atoms with Crippen molar-refractivity contribution in [2.75, 3.05) is 0 Å². The van der Waals surface area contributed by atoms with Crippen LogP contribution in [-0.4, -0.2) is 17.2 Å². The number of ether oxygens (including phenoxy) is 1. The Kier molecular flexibility index (Phi) is 3.54. The van der Waals surface area contributed by atoms with Gasteiger partial charge in [0.05, 0.1) is 0 Å². The van der Waals surface area contributed by atoms with Crippen molar-refractivity contribution in [1.29, 1.82) is 0 Å². The van der Waals surface area contributed by atoms with E-state index in [1.54, 1.807) is 0 Å². The number of benzene rings is 1. The fraction of sp³-hybridized carbons (Fsp3) is 0.222. The third-order valence-corrected chi connectivity index (χ3v) is 1.81. The Bertz CT molecular complexity index is 445. The van der Waals surface area contributed by atoms with Crippen LogP contribution in [0.2, 0.25) is 0 Å². The van der Waals surface area contributed by atoms with Gasteiger partial charge in [-0.15, -0.1) is 0 Å². The van der Waals surface area contributed by atoms with Gasteiger partial charge in [-0.05, 0) is 6.92 Å². The van der Waals surface area contributed by atoms with Crippen molar-refractivity contribution >= 4 is 5.97 Å². The molecule has 8 heteroatoms. The fourth-order valence-electron chi connectivity index (χ4n) is 0.915. The van der Waals surface area contributed by atoms with E-state index in [9.17, 15) is 26.7 Å². The van der Waals surface area contributed by atoms with E-state index in [2.05, 4.69) is 4.74 Å². The van der Waals surface area contributed by atoms with Gasteiger partial charge in [0.1, 0.15) is 0 Å². The highest BCUT2D eigenvalue weighted by Crippen LogP contribution is 2.29. The van der Waals surface area contributed by atoms with Crippen LogP contribution in [0.5, 0.6) is 5.75 Å². The minimum absolute atomic E-state index is 0.875. The van der Waals surface area contributed by atoms with E-state index < -0.39 is 46.9 Å². The van der Waals surface area contributed by atoms with Crippen LogP contribution in [-0.2, 0) is 4.79 Å². The predicted octanol–water partition coefficient (Wildman–Crippen LogP) is 2.23. The molecule has 0 heterocycles. The smallest absolute Gasteiger partial charge is 0.344 e. The molecule has 0 aliphatic rings. The molecule has 0 aliphatic carbocycles. The van der Waals surface area contributed by atoms with E-state index in [1.165, 1.54) is 0 Å². The van der Waals surface area contributed by atoms with Crippen LogP contribution in [0.25, 0.3) is 0 Å². The Morgan fingerprint density at radius 2 is 1.35 bits per heavy atom. The summed E-state index contributed by atoms with van der Waals surface area (Å²) in [6.45, 7) is 0.875. The lowest BCUT2D eigenvalue weighted by Crippen LogP contribution is -2.24. The van der Waals surface area contributed by atoms with Crippen LogP contribution < -0.4 is 4.74 Å². The lowest BCUT2D eigenvalue weighted by molar-refractivity contribution is -0.144. The second-order valence-electron chi connectivity index (χ2n) is 3.00. The zero-order valence-corrected chi connectivity index (χ0v) is 8.23. The van der Waals surface area contributed by atoms with Gasteiger partial charge in [0.25, 0.3) is 0 Å². The first-order valence-electron chi connectivity index (χ1n) is 4.18. The zero-order valence-electron chi connectivity index (χ0n) is 8.23. The second kappa shape index (κ2) is 4.56. The Hall–Kier alpha value is -1.86. The lowest BCUT2D eigenvalue weighted by Gasteiger charge is -2.12. The SMILES string of the molecule is C[C@@H](Oc1c(F)c(F)c(F)c(F)c1F)C(=O)O. The topological polar surface area (TPSA) is 46.5 Å². The van der Waals surface area contributed by atoms with Crippen molar-refractivity contribution in [3.05, 3.63) is 29.1 Å². The van der Waals surface area contributed by atoms with Crippen LogP contribution in [0, 0.1) is 29.1 Å². The molecule has 1 N–H and O–H groups in total. The van der Waals surface area contributed by atoms with Crippen LogP contribution in [0.4, 0.5) is 22.0 Å². The Labute approximate surface area is 91.4 Å². The maximum Gasteiger partial charge on any atom is 0.344 e. The number of hydrogen-bond acceptors (Lipinski definition) is 2. The normalized spacial score (nSPS) is 12.4. The van der Waals surface area contributed by atoms with Crippen molar-refractivity contribution in [3.63, 3.8) is 0 Å². The first-order valence-corrected chi connectivity index (χ1v) is 4.18. The van der Waals surface area contributed by atoms with Crippen LogP contribution >= 0.6 is 0 Å². The maximum absolute atomic E-state index is 13.0. The van der Waals surface area contributed by atoms with Crippen molar-refractivity contribution < 1.29 is 36.6 Å². The summed E-state index contributed by atoms with van der Waals surface area (Å²) in [5, 5.41) is 8.39. The molecule has 1 rings (SSSR count). The molecule has 3 nitrogen and oxygen atoms in total. The first-order chi connectivity index (χ1) is 7.77. The quantitative estimate of drug-likeness (QED) is 0.512. The second-order valence-corrected chi connectivity index (χ2v) is 3.00. The summed E-state index contributed by atoms with van der Waals surface area (Å²) in [6, 6.07) is 0. The molecular formula is C9H5F5O3. The highest BCUT2D eigenvalue weighted by atomic mass is 19.2. The molecule has 0 radical (unpaired) electrons. The van der Waals surface area contributed by atoms with Crippen LogP contribution in [0.3, 0.4) is 0 Å². The van der Waals surface area contributed by atoms with Gasteiger partial charge in [-0.1, -0.05) is 0 Å². The summed E-state index contributed by atoms with van der Waals surface area (Å²) < 4.78 is 68.1. The van der Waals surface area contributed by atoms with E-state index in [4.69, 9.17) is 5.11 Å². The van der Waals surface area contributed by atoms with Crippen molar-refractivity contribution in [2.45, 2.75) is 13.0 Å². The van der Waals surface area contributed by atoms with Gasteiger partial charge in [-0.3, -0.25) is 0 Å². The van der Waals surface area contributed by atoms with Crippen molar-refractivity contribution in [3.8, 4) is 5.75 Å². The van der Waals surface area contributed by atoms with Gasteiger partial charge in [0, 0.05) is 0 Å². The Balaban J connectivity index is 3.30. The summed E-state index contributed by atoms with van der Waals surface area (Å²) in [5.74, 6) is -14.4. The largest absolute Gasteiger partial charge is 0.479 e. The number of carboxylic acid groups (broad SMARTS) is 1. The van der Waals surface area contributed by atoms with Gasteiger partial charge in [0.2, 0.25) is 29.1 Å². The molecule has 0 fully saturated rings. The third-order valence-electron chi connectivity index (χ3n) is 1.81. The number of rotatable bonds is 3. The summed E-state index contributed by atoms with van der Waals surface area (Å²) >= 11 is 0. The first kappa shape index (κ1) is 13.2. The van der Waals surface area contributed by atoms with Gasteiger partial charge >= 0.3 is 5.97 Å². The van der Waals surface area contributed by atoms with E-state index in [0.717, 1.165) is 6.92 Å². The maximum atomic E-state index is 13.0. The monoisotopic (exact) mass is 256 g/mol. The number of aliphatic carboxylic acids is 1. The van der Waals surface area contributed by atoms with Crippen molar-refractivity contribution in [2.24, 2.45) is 0 Å². The van der Waals surface area contributed by atoms with E-state index >= 15 is 0 Å². The molecule has 0 bridgehead atoms. The molecule has 0 unspecified atom stereocenters. The molecule has 0 spiro atoms. The summed E-state index contributed by atoms with van der Waals surface area (Å²) in [7, 11) is 0. The average molecular weight is 256 g/mol. The molecular weight excluding hydrogens is 251 g/mol. The zero-order chi connectivity index (χ0) is 13.3. The summed E-state index contributed by atoms with van der Waals surface area (Å²) in [4.78, 5) is 10.3. The molecule has 0 saturated heterocycles. The standard InChI is InChI=1S/C9H5F5O3/c1-2(9(15)16)17-8-6(13)4(11)3(10)5(12)7(8)14/h2H,1H3,(H,15,16)/t2-/m1/s1. The van der Waals surface area contributed by atoms with Gasteiger partial charge in [-0.25, -0.2) is 18.0 Å². The summed E-state index contributed by atoms with van der Waals surface area (Å²) in [6.07, 6.45) is -1.76. The number of halogens is 5. The van der Waals surface area contributed by atoms with E-state index in [1.807, 2.05) is 0 Å². The Morgan fingerprint density at radius 3 is 1.71 bits per heavy atom. The van der Waals surface area contributed by atoms with Crippen LogP contribution in [0.1, 0.15) is 6.92 Å². The van der Waals surface area contributed by atoms with Crippen molar-refractivity contribution in [1.82, 2.24) is 0 Å². The highest BCUT2D eigenvalue weighted by Gasteiger charge is 2.29. The molecule has 0 aromatic heterocycles. The molecule has 94 valence electrons. The number of carboxylic acids is 1. The minimum atomic E-state index is -2.34. The molecule has 1 atom stereocenters. The van der Waals surface area contributed by atoms with Gasteiger partial charge in [0.15, 0.2) is 11.9 Å². The molecule has 0 amide bonds. The van der Waals surface area contributed by atoms with E-state index in [0.29, 0.717) is 0 Å². The lowest BCUT2D eigenvalue weighted by atomic mass is 10.2. The van der Waals surface area contributed by atoms with Crippen LogP contribution in [0.15, 0.2) is 0 Å². The molecule has 0 saturated carbocycles. The molecule has 0 aliphatic heterocycles. The highest BCUT2D eigenvalue weighted by molar-refractivity contribution is 5.72. The minimum Gasteiger partial charge on any atom is -0.479 e. The third kappa shape index (κ3) is 2.29. The molecule has 1 aromatic carbocycles. The van der Waals surface area contributed by atoms with Gasteiger partial charge in [-0.2, -0.15) is 8.78 Å². The fourth-order valence-corrected chi connectivity index (χ4v) is 0.915. The average Bonchev–Trinajstić information content (AvgIpc) is 2.29. The predicted molar refractivity (Wildman–Crippen MR) is 44.0 cm³/mol. The van der Waals surface area contributed by atoms with Gasteiger partial charge < -0.3 is 9.84 Å².